The molecule has 0 aromatic rings. The Labute approximate surface area is 421 Å². The van der Waals surface area contributed by atoms with Gasteiger partial charge in [-0.2, -0.15) is 0 Å². The molecule has 392 valence electrons. The van der Waals surface area contributed by atoms with Gasteiger partial charge in [-0.15, -0.1) is 0 Å². The summed E-state index contributed by atoms with van der Waals surface area (Å²) in [5, 5.41) is 0. The number of carbonyl (C=O) groups is 3. The molecule has 0 heterocycles. The second-order valence-corrected chi connectivity index (χ2v) is 19.2. The van der Waals surface area contributed by atoms with Crippen molar-refractivity contribution in [3.8, 4) is 0 Å². The third-order valence-electron chi connectivity index (χ3n) is 12.4. The van der Waals surface area contributed by atoms with Crippen LogP contribution in [-0.4, -0.2) is 37.2 Å². The number of rotatable bonds is 52. The van der Waals surface area contributed by atoms with Crippen LogP contribution in [0.1, 0.15) is 284 Å². The summed E-state index contributed by atoms with van der Waals surface area (Å²) >= 11 is 0. The van der Waals surface area contributed by atoms with Crippen molar-refractivity contribution in [2.24, 2.45) is 0 Å². The molecule has 0 aliphatic heterocycles. The van der Waals surface area contributed by atoms with Crippen LogP contribution in [0.15, 0.2) is 72.9 Å². The van der Waals surface area contributed by atoms with E-state index in [1.54, 1.807) is 0 Å². The molecule has 0 N–H and O–H groups in total. The van der Waals surface area contributed by atoms with E-state index in [-0.39, 0.29) is 37.5 Å². The molecule has 0 fully saturated rings. The minimum atomic E-state index is -0.794. The molecule has 1 unspecified atom stereocenters. The van der Waals surface area contributed by atoms with Gasteiger partial charge in [-0.1, -0.05) is 254 Å². The van der Waals surface area contributed by atoms with E-state index in [1.807, 2.05) is 0 Å². The van der Waals surface area contributed by atoms with Crippen molar-refractivity contribution in [2.45, 2.75) is 290 Å². The molecule has 0 saturated carbocycles. The average molecular weight is 950 g/mol. The molecule has 0 aromatic heterocycles. The molecule has 6 nitrogen and oxygen atoms in total. The van der Waals surface area contributed by atoms with Crippen LogP contribution in [0.2, 0.25) is 0 Å². The van der Waals surface area contributed by atoms with Crippen LogP contribution in [-0.2, 0) is 28.6 Å². The topological polar surface area (TPSA) is 78.9 Å². The molecular formula is C62H108O6. The van der Waals surface area contributed by atoms with Crippen LogP contribution in [0.25, 0.3) is 0 Å². The Morgan fingerprint density at radius 3 is 0.985 bits per heavy atom. The van der Waals surface area contributed by atoms with Crippen molar-refractivity contribution in [1.82, 2.24) is 0 Å². The average Bonchev–Trinajstić information content (AvgIpc) is 3.34. The normalized spacial score (nSPS) is 12.6. The van der Waals surface area contributed by atoms with E-state index in [4.69, 9.17) is 14.2 Å². The number of ether oxygens (including phenoxy) is 3. The first-order valence-corrected chi connectivity index (χ1v) is 28.9. The minimum absolute atomic E-state index is 0.0894. The summed E-state index contributed by atoms with van der Waals surface area (Å²) in [6, 6.07) is 0. The molecule has 0 aliphatic rings. The zero-order chi connectivity index (χ0) is 49.3. The molecular weight excluding hydrogens is 841 g/mol. The van der Waals surface area contributed by atoms with Crippen LogP contribution in [0.5, 0.6) is 0 Å². The molecule has 0 radical (unpaired) electrons. The molecule has 0 spiro atoms. The number of carbonyl (C=O) groups excluding carboxylic acids is 3. The highest BCUT2D eigenvalue weighted by Crippen LogP contribution is 2.16. The lowest BCUT2D eigenvalue weighted by molar-refractivity contribution is -0.167. The third-order valence-corrected chi connectivity index (χ3v) is 12.4. The predicted octanol–water partition coefficient (Wildman–Crippen LogP) is 19.4. The van der Waals surface area contributed by atoms with Gasteiger partial charge in [0.05, 0.1) is 0 Å². The first kappa shape index (κ1) is 64.8. The van der Waals surface area contributed by atoms with Gasteiger partial charge in [-0.3, -0.25) is 14.4 Å². The van der Waals surface area contributed by atoms with Crippen molar-refractivity contribution >= 4 is 17.9 Å². The van der Waals surface area contributed by atoms with Crippen molar-refractivity contribution in [2.75, 3.05) is 13.2 Å². The lowest BCUT2D eigenvalue weighted by Gasteiger charge is -2.18. The second-order valence-electron chi connectivity index (χ2n) is 19.2. The Morgan fingerprint density at radius 2 is 0.603 bits per heavy atom. The largest absolute Gasteiger partial charge is 0.462 e. The minimum Gasteiger partial charge on any atom is -0.462 e. The molecule has 6 heteroatoms. The molecule has 0 amide bonds. The monoisotopic (exact) mass is 949 g/mol. The molecule has 0 rings (SSSR count). The van der Waals surface area contributed by atoms with Gasteiger partial charge in [0, 0.05) is 19.3 Å². The maximum absolute atomic E-state index is 12.8. The zero-order valence-electron chi connectivity index (χ0n) is 44.9. The maximum Gasteiger partial charge on any atom is 0.306 e. The number of hydrogen-bond donors (Lipinski definition) is 0. The van der Waals surface area contributed by atoms with Crippen LogP contribution in [0, 0.1) is 0 Å². The summed E-state index contributed by atoms with van der Waals surface area (Å²) in [6.45, 7) is 6.45. The van der Waals surface area contributed by atoms with Crippen molar-refractivity contribution in [3.05, 3.63) is 72.9 Å². The van der Waals surface area contributed by atoms with Crippen LogP contribution in [0.4, 0.5) is 0 Å². The Morgan fingerprint density at radius 1 is 0.309 bits per heavy atom. The van der Waals surface area contributed by atoms with Gasteiger partial charge in [0.25, 0.3) is 0 Å². The van der Waals surface area contributed by atoms with E-state index >= 15 is 0 Å². The molecule has 0 bridgehead atoms. The lowest BCUT2D eigenvalue weighted by Crippen LogP contribution is -2.30. The Balaban J connectivity index is 4.33. The van der Waals surface area contributed by atoms with E-state index in [1.165, 1.54) is 128 Å². The van der Waals surface area contributed by atoms with Gasteiger partial charge >= 0.3 is 17.9 Å². The van der Waals surface area contributed by atoms with E-state index in [9.17, 15) is 14.4 Å². The molecule has 1 atom stereocenters. The summed E-state index contributed by atoms with van der Waals surface area (Å²) in [5.74, 6) is -0.925. The smallest absolute Gasteiger partial charge is 0.306 e. The quantitative estimate of drug-likeness (QED) is 0.0262. The van der Waals surface area contributed by atoms with Gasteiger partial charge in [0.2, 0.25) is 0 Å². The van der Waals surface area contributed by atoms with Crippen molar-refractivity contribution in [3.63, 3.8) is 0 Å². The third kappa shape index (κ3) is 53.8. The SMILES string of the molecule is CC/C=C\C/C=C\C/C=C\C/C=C\C/C=C\CCCCCC(=O)OC(COC(=O)CCCCCCC/C=C\CCC)COC(=O)CCCCCCCCCCCCCCCCCCCCCCC. The summed E-state index contributed by atoms with van der Waals surface area (Å²) in [7, 11) is 0. The summed E-state index contributed by atoms with van der Waals surface area (Å²) < 4.78 is 16.8. The van der Waals surface area contributed by atoms with Gasteiger partial charge in [0.15, 0.2) is 6.10 Å². The fraction of sp³-hybridized carbons (Fsp3) is 0.758. The fourth-order valence-corrected chi connectivity index (χ4v) is 8.12. The van der Waals surface area contributed by atoms with Gasteiger partial charge in [0.1, 0.15) is 13.2 Å². The second kappa shape index (κ2) is 56.4. The van der Waals surface area contributed by atoms with Crippen LogP contribution < -0.4 is 0 Å². The number of unbranched alkanes of at least 4 members (excludes halogenated alkanes) is 29. The zero-order valence-corrected chi connectivity index (χ0v) is 44.9. The number of esters is 3. The van der Waals surface area contributed by atoms with Crippen molar-refractivity contribution < 1.29 is 28.6 Å². The van der Waals surface area contributed by atoms with Gasteiger partial charge in [-0.05, 0) is 83.5 Å². The number of allylic oxidation sites excluding steroid dienone is 12. The van der Waals surface area contributed by atoms with Crippen molar-refractivity contribution in [1.29, 1.82) is 0 Å². The fourth-order valence-electron chi connectivity index (χ4n) is 8.12. The predicted molar refractivity (Wildman–Crippen MR) is 293 cm³/mol. The standard InChI is InChI=1S/C62H108O6/c1-4-7-10-13-16-19-22-24-26-28-30-31-33-34-36-38-40-43-46-49-52-55-61(64)67-58-59(57-66-60(63)54-51-48-45-42-21-18-15-12-9-6-3)68-62(65)56-53-50-47-44-41-39-37-35-32-29-27-25-23-20-17-14-11-8-5-2/h8,11-12,15,17,20,25,27,32,35,39,41,59H,4-7,9-10,13-14,16,18-19,21-24,26,28-31,33-34,36-38,40,42-58H2,1-3H3/b11-8-,15-12-,20-17-,27-25-,35-32-,41-39-. The first-order valence-electron chi connectivity index (χ1n) is 28.9. The Kier molecular flexibility index (Phi) is 53.8. The van der Waals surface area contributed by atoms with Crippen LogP contribution >= 0.6 is 0 Å². The highest BCUT2D eigenvalue weighted by molar-refractivity contribution is 5.71. The Hall–Kier alpha value is -3.15. The van der Waals surface area contributed by atoms with Gasteiger partial charge < -0.3 is 14.2 Å². The summed E-state index contributed by atoms with van der Waals surface area (Å²) in [5.41, 5.74) is 0. The van der Waals surface area contributed by atoms with E-state index in [0.29, 0.717) is 12.8 Å². The van der Waals surface area contributed by atoms with Crippen LogP contribution in [0.3, 0.4) is 0 Å². The first-order chi connectivity index (χ1) is 33.5. The van der Waals surface area contributed by atoms with E-state index < -0.39 is 6.10 Å². The molecule has 0 aromatic carbocycles. The number of hydrogen-bond acceptors (Lipinski definition) is 6. The van der Waals surface area contributed by atoms with Gasteiger partial charge in [-0.25, -0.2) is 0 Å². The highest BCUT2D eigenvalue weighted by Gasteiger charge is 2.19. The van der Waals surface area contributed by atoms with E-state index in [2.05, 4.69) is 93.7 Å². The van der Waals surface area contributed by atoms with E-state index in [0.717, 1.165) is 116 Å². The summed E-state index contributed by atoms with van der Waals surface area (Å²) in [4.78, 5) is 38.1. The lowest BCUT2D eigenvalue weighted by atomic mass is 10.0. The maximum atomic E-state index is 12.8. The summed E-state index contributed by atoms with van der Waals surface area (Å²) in [6.07, 6.45) is 71.9. The molecule has 0 saturated heterocycles. The highest BCUT2D eigenvalue weighted by atomic mass is 16.6. The molecule has 68 heavy (non-hydrogen) atoms. The molecule has 0 aliphatic carbocycles. The Bertz CT molecular complexity index is 1270.